The van der Waals surface area contributed by atoms with Gasteiger partial charge in [-0.15, -0.1) is 5.54 Å². The van der Waals surface area contributed by atoms with E-state index in [1.54, 1.807) is 5.70 Å². The number of halogens is 2. The normalized spacial score (nSPS) is 9.38. The molecule has 0 nitrogen and oxygen atoms in total. The standard InChI is InChI=1S/C10H8Cl2Si/c11-10(12)8-13-7-6-9-4-2-1-3-5-9/h1-5,8H,13H2. The first-order valence-electron chi connectivity index (χ1n) is 3.84. The molecule has 0 aliphatic carbocycles. The predicted molar refractivity (Wildman–Crippen MR) is 61.7 cm³/mol. The maximum absolute atomic E-state index is 5.45. The molecule has 0 aliphatic rings. The van der Waals surface area contributed by atoms with Crippen LogP contribution in [0.4, 0.5) is 0 Å². The molecular weight excluding hydrogens is 219 g/mol. The maximum atomic E-state index is 5.45. The Balaban J connectivity index is 2.54. The Morgan fingerprint density at radius 2 is 1.92 bits per heavy atom. The van der Waals surface area contributed by atoms with Crippen LogP contribution in [0.25, 0.3) is 0 Å². The average molecular weight is 227 g/mol. The minimum Gasteiger partial charge on any atom is -0.129 e. The Kier molecular flexibility index (Phi) is 4.70. The fraction of sp³-hybridized carbons (Fsp3) is 0. The maximum Gasteiger partial charge on any atom is 0.133 e. The molecule has 0 radical (unpaired) electrons. The summed E-state index contributed by atoms with van der Waals surface area (Å²) >= 11 is 10.9. The molecule has 0 atom stereocenters. The molecule has 0 aliphatic heterocycles. The zero-order valence-electron chi connectivity index (χ0n) is 6.93. The van der Waals surface area contributed by atoms with Crippen LogP contribution in [0.3, 0.4) is 0 Å². The van der Waals surface area contributed by atoms with Crippen molar-refractivity contribution in [3.63, 3.8) is 0 Å². The van der Waals surface area contributed by atoms with Crippen molar-refractivity contribution in [3.05, 3.63) is 46.1 Å². The van der Waals surface area contributed by atoms with Gasteiger partial charge in [-0.2, -0.15) is 0 Å². The Labute approximate surface area is 90.4 Å². The molecule has 0 N–H and O–H groups in total. The highest BCUT2D eigenvalue weighted by molar-refractivity contribution is 6.62. The van der Waals surface area contributed by atoms with Crippen molar-refractivity contribution in [2.24, 2.45) is 0 Å². The molecule has 1 aromatic carbocycles. The van der Waals surface area contributed by atoms with E-state index in [9.17, 15) is 0 Å². The Morgan fingerprint density at radius 1 is 1.23 bits per heavy atom. The van der Waals surface area contributed by atoms with Crippen molar-refractivity contribution in [3.8, 4) is 11.5 Å². The summed E-state index contributed by atoms with van der Waals surface area (Å²) in [4.78, 5) is 0. The van der Waals surface area contributed by atoms with E-state index in [1.165, 1.54) is 0 Å². The van der Waals surface area contributed by atoms with E-state index < -0.39 is 9.52 Å². The smallest absolute Gasteiger partial charge is 0.129 e. The lowest BCUT2D eigenvalue weighted by atomic mass is 10.2. The third kappa shape index (κ3) is 4.79. The largest absolute Gasteiger partial charge is 0.133 e. The van der Waals surface area contributed by atoms with Gasteiger partial charge in [0.25, 0.3) is 0 Å². The molecule has 0 saturated carbocycles. The van der Waals surface area contributed by atoms with E-state index in [2.05, 4.69) is 11.5 Å². The van der Waals surface area contributed by atoms with Crippen molar-refractivity contribution in [2.75, 3.05) is 0 Å². The van der Waals surface area contributed by atoms with Crippen LogP contribution in [0.1, 0.15) is 5.56 Å². The van der Waals surface area contributed by atoms with E-state index in [-0.39, 0.29) is 0 Å². The monoisotopic (exact) mass is 226 g/mol. The quantitative estimate of drug-likeness (QED) is 0.510. The van der Waals surface area contributed by atoms with E-state index in [0.717, 1.165) is 5.56 Å². The molecule has 0 spiro atoms. The van der Waals surface area contributed by atoms with Crippen molar-refractivity contribution in [1.82, 2.24) is 0 Å². The van der Waals surface area contributed by atoms with E-state index in [1.807, 2.05) is 30.3 Å². The van der Waals surface area contributed by atoms with Gasteiger partial charge in [0.15, 0.2) is 0 Å². The van der Waals surface area contributed by atoms with Crippen LogP contribution >= 0.6 is 23.2 Å². The van der Waals surface area contributed by atoms with Gasteiger partial charge >= 0.3 is 0 Å². The van der Waals surface area contributed by atoms with Crippen LogP contribution in [-0.2, 0) is 0 Å². The Bertz CT molecular complexity index is 342. The molecule has 0 bridgehead atoms. The fourth-order valence-electron chi connectivity index (χ4n) is 0.803. The van der Waals surface area contributed by atoms with Crippen LogP contribution < -0.4 is 0 Å². The van der Waals surface area contributed by atoms with Gasteiger partial charge < -0.3 is 0 Å². The molecular formula is C10H8Cl2Si. The molecule has 66 valence electrons. The van der Waals surface area contributed by atoms with E-state index >= 15 is 0 Å². The summed E-state index contributed by atoms with van der Waals surface area (Å²) in [5.74, 6) is 3.05. The highest BCUT2D eigenvalue weighted by Gasteiger charge is 1.82. The molecule has 0 unspecified atom stereocenters. The SMILES string of the molecule is ClC(Cl)=C[SiH2]C#Cc1ccccc1. The summed E-state index contributed by atoms with van der Waals surface area (Å²) in [6.45, 7) is 0. The van der Waals surface area contributed by atoms with Gasteiger partial charge in [-0.3, -0.25) is 0 Å². The number of hydrogen-bond acceptors (Lipinski definition) is 0. The second-order valence-corrected chi connectivity index (χ2v) is 4.54. The molecule has 1 aromatic rings. The van der Waals surface area contributed by atoms with Crippen LogP contribution in [0.2, 0.25) is 0 Å². The summed E-state index contributed by atoms with van der Waals surface area (Å²) in [6.07, 6.45) is 0. The second-order valence-electron chi connectivity index (χ2n) is 2.37. The van der Waals surface area contributed by atoms with Gasteiger partial charge in [-0.25, -0.2) is 0 Å². The minimum atomic E-state index is -0.567. The number of rotatable bonds is 1. The molecule has 0 amide bonds. The van der Waals surface area contributed by atoms with Gasteiger partial charge in [0.2, 0.25) is 0 Å². The number of benzene rings is 1. The lowest BCUT2D eigenvalue weighted by Gasteiger charge is -1.85. The first-order valence-corrected chi connectivity index (χ1v) is 6.12. The first-order chi connectivity index (χ1) is 6.29. The number of hydrogen-bond donors (Lipinski definition) is 0. The van der Waals surface area contributed by atoms with Crippen LogP contribution in [0, 0.1) is 11.5 Å². The summed E-state index contributed by atoms with van der Waals surface area (Å²) in [5.41, 5.74) is 5.92. The molecule has 0 saturated heterocycles. The minimum absolute atomic E-state index is 0.328. The molecule has 13 heavy (non-hydrogen) atoms. The van der Waals surface area contributed by atoms with Gasteiger partial charge in [-0.1, -0.05) is 53.0 Å². The van der Waals surface area contributed by atoms with E-state index in [4.69, 9.17) is 23.2 Å². The highest BCUT2D eigenvalue weighted by Crippen LogP contribution is 2.03. The third-order valence-corrected chi connectivity index (χ3v) is 3.18. The van der Waals surface area contributed by atoms with Crippen molar-refractivity contribution in [2.45, 2.75) is 0 Å². The average Bonchev–Trinajstić information content (AvgIpc) is 2.14. The summed E-state index contributed by atoms with van der Waals surface area (Å²) in [6, 6.07) is 9.87. The zero-order chi connectivity index (χ0) is 9.52. The van der Waals surface area contributed by atoms with Gasteiger partial charge in [0.05, 0.1) is 4.49 Å². The molecule has 0 fully saturated rings. The predicted octanol–water partition coefficient (Wildman–Crippen LogP) is 2.44. The van der Waals surface area contributed by atoms with Crippen LogP contribution in [-0.4, -0.2) is 9.52 Å². The Hall–Kier alpha value is -0.683. The Morgan fingerprint density at radius 3 is 2.54 bits per heavy atom. The molecule has 0 heterocycles. The molecule has 0 aromatic heterocycles. The fourth-order valence-corrected chi connectivity index (χ4v) is 1.83. The summed E-state index contributed by atoms with van der Waals surface area (Å²) in [5, 5.41) is 0. The highest BCUT2D eigenvalue weighted by atomic mass is 35.5. The van der Waals surface area contributed by atoms with Crippen molar-refractivity contribution in [1.29, 1.82) is 0 Å². The lowest BCUT2D eigenvalue weighted by molar-refractivity contribution is 1.65. The van der Waals surface area contributed by atoms with Gasteiger partial charge in [0.1, 0.15) is 9.52 Å². The zero-order valence-corrected chi connectivity index (χ0v) is 9.85. The molecule has 3 heteroatoms. The van der Waals surface area contributed by atoms with Gasteiger partial charge in [0, 0.05) is 5.56 Å². The van der Waals surface area contributed by atoms with Crippen LogP contribution in [0.15, 0.2) is 40.5 Å². The van der Waals surface area contributed by atoms with Gasteiger partial charge in [-0.05, 0) is 12.1 Å². The van der Waals surface area contributed by atoms with Crippen molar-refractivity contribution >= 4 is 32.7 Å². The first kappa shape index (κ1) is 10.4. The third-order valence-electron chi connectivity index (χ3n) is 1.36. The molecule has 1 rings (SSSR count). The second kappa shape index (κ2) is 5.88. The topological polar surface area (TPSA) is 0 Å². The van der Waals surface area contributed by atoms with Crippen LogP contribution in [0.5, 0.6) is 0 Å². The summed E-state index contributed by atoms with van der Waals surface area (Å²) in [7, 11) is -0.567. The summed E-state index contributed by atoms with van der Waals surface area (Å²) < 4.78 is 0.328. The van der Waals surface area contributed by atoms with Crippen molar-refractivity contribution < 1.29 is 0 Å². The lowest BCUT2D eigenvalue weighted by Crippen LogP contribution is -1.79. The van der Waals surface area contributed by atoms with E-state index in [0.29, 0.717) is 4.49 Å².